The molecule has 1 aromatic carbocycles. The van der Waals surface area contributed by atoms with Crippen LogP contribution in [-0.4, -0.2) is 45.0 Å². The summed E-state index contributed by atoms with van der Waals surface area (Å²) in [5.41, 5.74) is 0.564. The number of anilines is 1. The molecule has 1 fully saturated rings. The van der Waals surface area contributed by atoms with E-state index in [1.165, 1.54) is 17.5 Å². The van der Waals surface area contributed by atoms with Crippen LogP contribution in [0.5, 0.6) is 5.75 Å². The van der Waals surface area contributed by atoms with E-state index in [-0.39, 0.29) is 28.1 Å². The molecule has 0 spiro atoms. The van der Waals surface area contributed by atoms with Gasteiger partial charge in [0.1, 0.15) is 16.7 Å². The minimum atomic E-state index is -3.67. The van der Waals surface area contributed by atoms with Crippen molar-refractivity contribution in [3.8, 4) is 23.3 Å². The Kier molecular flexibility index (Phi) is 4.65. The summed E-state index contributed by atoms with van der Waals surface area (Å²) in [5, 5.41) is 11.8. The van der Waals surface area contributed by atoms with Crippen LogP contribution in [0, 0.1) is 11.3 Å². The van der Waals surface area contributed by atoms with Crippen molar-refractivity contribution in [3.63, 3.8) is 0 Å². The maximum Gasteiger partial charge on any atom is 0.246 e. The quantitative estimate of drug-likeness (QED) is 0.867. The lowest BCUT2D eigenvalue weighted by Crippen LogP contribution is -2.28. The molecular weight excluding hydrogens is 344 g/mol. The van der Waals surface area contributed by atoms with Crippen molar-refractivity contribution in [1.29, 1.82) is 5.26 Å². The van der Waals surface area contributed by atoms with Crippen molar-refractivity contribution in [2.45, 2.75) is 17.7 Å². The van der Waals surface area contributed by atoms with Crippen LogP contribution in [0.4, 0.5) is 5.88 Å². The van der Waals surface area contributed by atoms with E-state index >= 15 is 0 Å². The van der Waals surface area contributed by atoms with Gasteiger partial charge in [-0.1, -0.05) is 0 Å². The third kappa shape index (κ3) is 3.06. The Bertz CT molecular complexity index is 924. The van der Waals surface area contributed by atoms with Gasteiger partial charge in [-0.05, 0) is 31.0 Å². The molecule has 1 saturated heterocycles. The normalized spacial score (nSPS) is 15.1. The summed E-state index contributed by atoms with van der Waals surface area (Å²) >= 11 is 0. The van der Waals surface area contributed by atoms with Crippen LogP contribution in [0.2, 0.25) is 0 Å². The molecule has 2 aromatic rings. The lowest BCUT2D eigenvalue weighted by molar-refractivity contribution is 0.398. The van der Waals surface area contributed by atoms with Gasteiger partial charge in [-0.25, -0.2) is 8.42 Å². The van der Waals surface area contributed by atoms with Crippen molar-refractivity contribution < 1.29 is 17.6 Å². The van der Waals surface area contributed by atoms with Crippen molar-refractivity contribution in [2.75, 3.05) is 32.6 Å². The van der Waals surface area contributed by atoms with Gasteiger partial charge in [-0.15, -0.1) is 0 Å². The summed E-state index contributed by atoms with van der Waals surface area (Å²) in [6.45, 7) is 0.994. The molecule has 0 aliphatic carbocycles. The molecule has 0 bridgehead atoms. The molecular formula is C16H18N4O4S. The highest BCUT2D eigenvalue weighted by Crippen LogP contribution is 2.34. The fourth-order valence-electron chi connectivity index (χ4n) is 2.77. The second-order valence-electron chi connectivity index (χ2n) is 5.54. The van der Waals surface area contributed by atoms with Gasteiger partial charge in [-0.3, -0.25) is 0 Å². The van der Waals surface area contributed by atoms with E-state index in [2.05, 4.69) is 10.3 Å². The summed E-state index contributed by atoms with van der Waals surface area (Å²) in [6, 6.07) is 6.61. The zero-order valence-electron chi connectivity index (χ0n) is 13.9. The van der Waals surface area contributed by atoms with Crippen LogP contribution < -0.4 is 10.1 Å². The van der Waals surface area contributed by atoms with E-state index in [0.717, 1.165) is 12.8 Å². The Hall–Kier alpha value is -2.57. The summed E-state index contributed by atoms with van der Waals surface area (Å²) < 4.78 is 38.0. The van der Waals surface area contributed by atoms with Crippen molar-refractivity contribution in [1.82, 2.24) is 9.29 Å². The summed E-state index contributed by atoms with van der Waals surface area (Å²) in [5.74, 6) is 0.662. The number of methoxy groups -OCH3 is 1. The molecule has 0 saturated carbocycles. The SMILES string of the molecule is CNc1oc(-c2ccc(OC)c(S(=O)(=O)N3CCCC3)c2)nc1C#N. The molecule has 25 heavy (non-hydrogen) atoms. The number of nitrogens with one attached hydrogen (secondary N) is 1. The average molecular weight is 362 g/mol. The molecule has 1 aliphatic rings. The maximum atomic E-state index is 12.9. The lowest BCUT2D eigenvalue weighted by Gasteiger charge is -2.18. The van der Waals surface area contributed by atoms with E-state index in [1.54, 1.807) is 19.2 Å². The zero-order valence-corrected chi connectivity index (χ0v) is 14.8. The van der Waals surface area contributed by atoms with Crippen LogP contribution in [0.1, 0.15) is 18.5 Å². The minimum absolute atomic E-state index is 0.0668. The fourth-order valence-corrected chi connectivity index (χ4v) is 4.47. The standard InChI is InChI=1S/C16H18N4O4S/c1-18-16-12(10-17)19-15(24-16)11-5-6-13(23-2)14(9-11)25(21,22)20-7-3-4-8-20/h5-6,9,18H,3-4,7-8H2,1-2H3. The summed E-state index contributed by atoms with van der Waals surface area (Å²) in [7, 11) is -0.628. The Morgan fingerprint density at radius 3 is 2.64 bits per heavy atom. The summed E-state index contributed by atoms with van der Waals surface area (Å²) in [4.78, 5) is 4.17. The third-order valence-electron chi connectivity index (χ3n) is 4.05. The first kappa shape index (κ1) is 17.3. The Morgan fingerprint density at radius 2 is 2.08 bits per heavy atom. The molecule has 0 radical (unpaired) electrons. The van der Waals surface area contributed by atoms with Gasteiger partial charge in [0.2, 0.25) is 27.5 Å². The zero-order chi connectivity index (χ0) is 18.0. The van der Waals surface area contributed by atoms with E-state index < -0.39 is 10.0 Å². The molecule has 0 amide bonds. The fraction of sp³-hybridized carbons (Fsp3) is 0.375. The van der Waals surface area contributed by atoms with Gasteiger partial charge in [-0.2, -0.15) is 14.6 Å². The van der Waals surface area contributed by atoms with Gasteiger partial charge in [0.15, 0.2) is 0 Å². The predicted octanol–water partition coefficient (Wildman–Crippen LogP) is 2.05. The van der Waals surface area contributed by atoms with E-state index in [0.29, 0.717) is 18.7 Å². The minimum Gasteiger partial charge on any atom is -0.495 e. The molecule has 132 valence electrons. The van der Waals surface area contributed by atoms with Crippen LogP contribution in [0.25, 0.3) is 11.5 Å². The highest BCUT2D eigenvalue weighted by molar-refractivity contribution is 7.89. The number of aromatic nitrogens is 1. The highest BCUT2D eigenvalue weighted by atomic mass is 32.2. The molecule has 1 aliphatic heterocycles. The maximum absolute atomic E-state index is 12.9. The topological polar surface area (TPSA) is 108 Å². The molecule has 3 rings (SSSR count). The molecule has 1 aromatic heterocycles. The molecule has 2 heterocycles. The van der Waals surface area contributed by atoms with Gasteiger partial charge in [0.25, 0.3) is 0 Å². The number of hydrogen-bond donors (Lipinski definition) is 1. The predicted molar refractivity (Wildman–Crippen MR) is 90.7 cm³/mol. The number of hydrogen-bond acceptors (Lipinski definition) is 7. The Morgan fingerprint density at radius 1 is 1.36 bits per heavy atom. The monoisotopic (exact) mass is 362 g/mol. The number of ether oxygens (including phenoxy) is 1. The largest absolute Gasteiger partial charge is 0.495 e. The summed E-state index contributed by atoms with van der Waals surface area (Å²) in [6.07, 6.45) is 1.69. The van der Waals surface area contributed by atoms with Gasteiger partial charge >= 0.3 is 0 Å². The highest BCUT2D eigenvalue weighted by Gasteiger charge is 2.30. The van der Waals surface area contributed by atoms with Gasteiger partial charge in [0.05, 0.1) is 7.11 Å². The molecule has 0 atom stereocenters. The first-order chi connectivity index (χ1) is 12.0. The number of nitrogens with zero attached hydrogens (tertiary/aromatic N) is 3. The van der Waals surface area contributed by atoms with Crippen molar-refractivity contribution in [2.24, 2.45) is 0 Å². The Balaban J connectivity index is 2.09. The van der Waals surface area contributed by atoms with E-state index in [1.807, 2.05) is 6.07 Å². The van der Waals surface area contributed by atoms with Crippen molar-refractivity contribution >= 4 is 15.9 Å². The number of rotatable bonds is 5. The second kappa shape index (κ2) is 6.74. The van der Waals surface area contributed by atoms with Gasteiger partial charge < -0.3 is 14.5 Å². The van der Waals surface area contributed by atoms with Crippen LogP contribution in [-0.2, 0) is 10.0 Å². The number of sulfonamides is 1. The number of oxazole rings is 1. The molecule has 9 heteroatoms. The lowest BCUT2D eigenvalue weighted by atomic mass is 10.2. The Labute approximate surface area is 146 Å². The van der Waals surface area contributed by atoms with Crippen molar-refractivity contribution in [3.05, 3.63) is 23.9 Å². The van der Waals surface area contributed by atoms with Crippen LogP contribution in [0.15, 0.2) is 27.5 Å². The smallest absolute Gasteiger partial charge is 0.246 e. The first-order valence-corrected chi connectivity index (χ1v) is 9.22. The van der Waals surface area contributed by atoms with Gasteiger partial charge in [0, 0.05) is 25.7 Å². The first-order valence-electron chi connectivity index (χ1n) is 7.78. The molecule has 1 N–H and O–H groups in total. The second-order valence-corrected chi connectivity index (χ2v) is 7.44. The number of benzene rings is 1. The third-order valence-corrected chi connectivity index (χ3v) is 5.97. The van der Waals surface area contributed by atoms with E-state index in [9.17, 15) is 8.42 Å². The average Bonchev–Trinajstić information content (AvgIpc) is 3.30. The molecule has 8 nitrogen and oxygen atoms in total. The molecule has 0 unspecified atom stereocenters. The van der Waals surface area contributed by atoms with E-state index in [4.69, 9.17) is 14.4 Å². The number of nitriles is 1. The van der Waals surface area contributed by atoms with Crippen LogP contribution >= 0.6 is 0 Å². The van der Waals surface area contributed by atoms with Crippen LogP contribution in [0.3, 0.4) is 0 Å².